The number of nitrogens with zero attached hydrogens (tertiary/aromatic N) is 2. The summed E-state index contributed by atoms with van der Waals surface area (Å²) in [7, 11) is 0. The molecule has 1 aromatic rings. The van der Waals surface area contributed by atoms with E-state index in [4.69, 9.17) is 4.74 Å². The summed E-state index contributed by atoms with van der Waals surface area (Å²) in [6.45, 7) is 2.88. The van der Waals surface area contributed by atoms with E-state index >= 15 is 0 Å². The Morgan fingerprint density at radius 1 is 1.18 bits per heavy atom. The van der Waals surface area contributed by atoms with Gasteiger partial charge in [0.05, 0.1) is 12.5 Å². The van der Waals surface area contributed by atoms with Crippen LogP contribution in [0.5, 0.6) is 0 Å². The maximum absolute atomic E-state index is 12.7. The Hall–Kier alpha value is -2.57. The van der Waals surface area contributed by atoms with Crippen molar-refractivity contribution in [2.75, 3.05) is 32.7 Å². The first-order chi connectivity index (χ1) is 13.5. The third kappa shape index (κ3) is 3.98. The number of ether oxygens (including phenoxy) is 1. The van der Waals surface area contributed by atoms with Gasteiger partial charge in [0.25, 0.3) is 0 Å². The van der Waals surface area contributed by atoms with E-state index in [1.807, 2.05) is 23.1 Å². The minimum absolute atomic E-state index is 0.0232. The zero-order valence-corrected chi connectivity index (χ0v) is 16.1. The molecule has 3 aliphatic heterocycles. The molecule has 0 bridgehead atoms. The third-order valence-corrected chi connectivity index (χ3v) is 6.16. The van der Waals surface area contributed by atoms with Gasteiger partial charge in [-0.2, -0.15) is 0 Å². The average molecular weight is 385 g/mol. The molecule has 28 heavy (non-hydrogen) atoms. The fraction of sp³-hybridized carbons (Fsp3) is 0.571. The van der Waals surface area contributed by atoms with Crippen LogP contribution >= 0.6 is 0 Å². The molecule has 0 aliphatic carbocycles. The van der Waals surface area contributed by atoms with Gasteiger partial charge < -0.3 is 19.9 Å². The van der Waals surface area contributed by atoms with Gasteiger partial charge in [-0.3, -0.25) is 9.59 Å². The number of piperidine rings is 2. The number of amides is 3. The van der Waals surface area contributed by atoms with E-state index in [9.17, 15) is 14.4 Å². The predicted octanol–water partition coefficient (Wildman–Crippen LogP) is 1.57. The van der Waals surface area contributed by atoms with Crippen LogP contribution in [0.4, 0.5) is 4.79 Å². The molecule has 150 valence electrons. The standard InChI is InChI=1S/C21H27N3O4/c25-18-7-6-17(14-22-18)19(26)23-12-9-21(10-13-23)15-24(20(27)28-21)11-8-16-4-2-1-3-5-16/h1-5,17H,6-15H2,(H,22,25)/t17-/m1/s1. The van der Waals surface area contributed by atoms with Crippen molar-refractivity contribution in [3.05, 3.63) is 35.9 Å². The molecule has 1 N–H and O–H groups in total. The number of rotatable bonds is 4. The Morgan fingerprint density at radius 3 is 2.61 bits per heavy atom. The van der Waals surface area contributed by atoms with Gasteiger partial charge in [-0.1, -0.05) is 30.3 Å². The van der Waals surface area contributed by atoms with E-state index in [1.54, 1.807) is 4.90 Å². The number of nitrogens with one attached hydrogen (secondary N) is 1. The Balaban J connectivity index is 1.28. The molecule has 0 unspecified atom stereocenters. The third-order valence-electron chi connectivity index (χ3n) is 6.16. The number of likely N-dealkylation sites (tertiary alicyclic amines) is 1. The lowest BCUT2D eigenvalue weighted by Crippen LogP contribution is -2.52. The molecular formula is C21H27N3O4. The molecule has 3 aliphatic rings. The van der Waals surface area contributed by atoms with Crippen molar-refractivity contribution in [3.63, 3.8) is 0 Å². The summed E-state index contributed by atoms with van der Waals surface area (Å²) >= 11 is 0. The average Bonchev–Trinajstić information content (AvgIpc) is 3.02. The van der Waals surface area contributed by atoms with E-state index in [2.05, 4.69) is 17.4 Å². The quantitative estimate of drug-likeness (QED) is 0.853. The molecule has 4 rings (SSSR count). The minimum atomic E-state index is -0.467. The molecule has 0 radical (unpaired) electrons. The van der Waals surface area contributed by atoms with E-state index in [0.29, 0.717) is 58.4 Å². The van der Waals surface area contributed by atoms with Crippen LogP contribution in [0.15, 0.2) is 30.3 Å². The number of benzene rings is 1. The number of hydrogen-bond donors (Lipinski definition) is 1. The fourth-order valence-corrected chi connectivity index (χ4v) is 4.37. The molecule has 0 aromatic heterocycles. The van der Waals surface area contributed by atoms with Gasteiger partial charge in [0.15, 0.2) is 0 Å². The van der Waals surface area contributed by atoms with Crippen molar-refractivity contribution in [3.8, 4) is 0 Å². The van der Waals surface area contributed by atoms with Crippen molar-refractivity contribution in [1.82, 2.24) is 15.1 Å². The second-order valence-corrected chi connectivity index (χ2v) is 8.07. The summed E-state index contributed by atoms with van der Waals surface area (Å²) in [6.07, 6.45) is 2.95. The number of carbonyl (C=O) groups excluding carboxylic acids is 3. The van der Waals surface area contributed by atoms with E-state index in [1.165, 1.54) is 5.56 Å². The summed E-state index contributed by atoms with van der Waals surface area (Å²) < 4.78 is 5.77. The number of hydrogen-bond acceptors (Lipinski definition) is 4. The summed E-state index contributed by atoms with van der Waals surface area (Å²) in [5.74, 6) is 0.00969. The van der Waals surface area contributed by atoms with Crippen molar-refractivity contribution in [2.45, 2.75) is 37.7 Å². The molecule has 3 amide bonds. The fourth-order valence-electron chi connectivity index (χ4n) is 4.37. The van der Waals surface area contributed by atoms with Crippen LogP contribution in [0.25, 0.3) is 0 Å². The largest absolute Gasteiger partial charge is 0.441 e. The highest BCUT2D eigenvalue weighted by Gasteiger charge is 2.47. The lowest BCUT2D eigenvalue weighted by molar-refractivity contribution is -0.140. The maximum atomic E-state index is 12.7. The van der Waals surface area contributed by atoms with Crippen molar-refractivity contribution >= 4 is 17.9 Å². The van der Waals surface area contributed by atoms with Gasteiger partial charge in [-0.05, 0) is 18.4 Å². The molecule has 1 spiro atoms. The predicted molar refractivity (Wildman–Crippen MR) is 102 cm³/mol. The van der Waals surface area contributed by atoms with Crippen LogP contribution in [0.1, 0.15) is 31.2 Å². The molecule has 1 aromatic carbocycles. The lowest BCUT2D eigenvalue weighted by Gasteiger charge is -2.39. The molecule has 3 saturated heterocycles. The van der Waals surface area contributed by atoms with Crippen molar-refractivity contribution in [1.29, 1.82) is 0 Å². The van der Waals surface area contributed by atoms with Crippen LogP contribution in [0.2, 0.25) is 0 Å². The Labute approximate surface area is 165 Å². The van der Waals surface area contributed by atoms with E-state index in [-0.39, 0.29) is 23.8 Å². The normalized spacial score (nSPS) is 24.2. The summed E-state index contributed by atoms with van der Waals surface area (Å²) in [5, 5.41) is 2.78. The molecule has 3 fully saturated rings. The first-order valence-corrected chi connectivity index (χ1v) is 10.1. The molecule has 7 heteroatoms. The van der Waals surface area contributed by atoms with E-state index < -0.39 is 5.60 Å². The van der Waals surface area contributed by atoms with Crippen LogP contribution < -0.4 is 5.32 Å². The second-order valence-electron chi connectivity index (χ2n) is 8.07. The smallest absolute Gasteiger partial charge is 0.410 e. The van der Waals surface area contributed by atoms with Gasteiger partial charge in [0, 0.05) is 45.4 Å². The van der Waals surface area contributed by atoms with Crippen LogP contribution in [-0.4, -0.2) is 66.0 Å². The lowest BCUT2D eigenvalue weighted by atomic mass is 9.89. The Morgan fingerprint density at radius 2 is 1.93 bits per heavy atom. The first-order valence-electron chi connectivity index (χ1n) is 10.1. The SMILES string of the molecule is O=C1CC[C@@H](C(=O)N2CCC3(CC2)CN(CCc2ccccc2)C(=O)O3)CN1. The molecule has 7 nitrogen and oxygen atoms in total. The summed E-state index contributed by atoms with van der Waals surface area (Å²) in [4.78, 5) is 40.0. The number of carbonyl (C=O) groups is 3. The van der Waals surface area contributed by atoms with Gasteiger partial charge in [0.2, 0.25) is 11.8 Å². The van der Waals surface area contributed by atoms with Gasteiger partial charge in [-0.15, -0.1) is 0 Å². The maximum Gasteiger partial charge on any atom is 0.410 e. The summed E-state index contributed by atoms with van der Waals surface area (Å²) in [5.41, 5.74) is 0.738. The second kappa shape index (κ2) is 7.81. The van der Waals surface area contributed by atoms with Crippen LogP contribution in [0, 0.1) is 5.92 Å². The van der Waals surface area contributed by atoms with Crippen molar-refractivity contribution in [2.24, 2.45) is 5.92 Å². The van der Waals surface area contributed by atoms with Gasteiger partial charge in [0.1, 0.15) is 5.60 Å². The van der Waals surface area contributed by atoms with E-state index in [0.717, 1.165) is 6.42 Å². The molecule has 1 atom stereocenters. The zero-order chi connectivity index (χ0) is 19.6. The van der Waals surface area contributed by atoms with Crippen molar-refractivity contribution < 1.29 is 19.1 Å². The van der Waals surface area contributed by atoms with Gasteiger partial charge >= 0.3 is 6.09 Å². The minimum Gasteiger partial charge on any atom is -0.441 e. The highest BCUT2D eigenvalue weighted by Crippen LogP contribution is 2.34. The monoisotopic (exact) mass is 385 g/mol. The molecular weight excluding hydrogens is 358 g/mol. The van der Waals surface area contributed by atoms with Gasteiger partial charge in [-0.25, -0.2) is 4.79 Å². The highest BCUT2D eigenvalue weighted by atomic mass is 16.6. The zero-order valence-electron chi connectivity index (χ0n) is 16.1. The van der Waals surface area contributed by atoms with Crippen LogP contribution in [-0.2, 0) is 20.7 Å². The Kier molecular flexibility index (Phi) is 5.24. The Bertz CT molecular complexity index is 733. The highest BCUT2D eigenvalue weighted by molar-refractivity contribution is 5.84. The topological polar surface area (TPSA) is 79.0 Å². The van der Waals surface area contributed by atoms with Crippen LogP contribution in [0.3, 0.4) is 0 Å². The molecule has 0 saturated carbocycles. The first kappa shape index (κ1) is 18.8. The summed E-state index contributed by atoms with van der Waals surface area (Å²) in [6, 6.07) is 10.1. The molecule has 3 heterocycles.